The lowest BCUT2D eigenvalue weighted by molar-refractivity contribution is -0.383. The maximum absolute atomic E-state index is 12.4. The summed E-state index contributed by atoms with van der Waals surface area (Å²) in [5.74, 6) is -4.49. The number of carboxylic acid groups (broad SMARTS) is 1. The van der Waals surface area contributed by atoms with E-state index in [1.165, 1.54) is 13.8 Å². The van der Waals surface area contributed by atoms with Crippen LogP contribution >= 0.6 is 0 Å². The van der Waals surface area contributed by atoms with Crippen molar-refractivity contribution in [2.45, 2.75) is 81.5 Å². The van der Waals surface area contributed by atoms with Crippen LogP contribution < -0.4 is 0 Å². The van der Waals surface area contributed by atoms with Crippen molar-refractivity contribution < 1.29 is 69.4 Å². The molecule has 2 aliphatic rings. The molecule has 14 nitrogen and oxygen atoms in total. The molecule has 0 spiro atoms. The SMILES string of the molecule is CC(C)(CCC(=O)O[C@H]1[C@H](O)[C@@H](CO)O[C@@]1(CO)O[C@H]1O[C@H](CO)[C@@H](O)[C@H](O)[C@H]1O)C(=O)O. The summed E-state index contributed by atoms with van der Waals surface area (Å²) in [6.07, 6.45) is -13.9. The predicted octanol–water partition coefficient (Wildman–Crippen LogP) is -3.95. The second-order valence-corrected chi connectivity index (χ2v) is 8.71. The first kappa shape index (κ1) is 27.8. The van der Waals surface area contributed by atoms with Gasteiger partial charge in [-0.2, -0.15) is 0 Å². The standard InChI is InChI=1S/C19H32O14/c1-18(2,17(28)29)4-3-10(23)31-15-12(25)9(6-21)32-19(15,7-22)33-16-14(27)13(26)11(24)8(5-20)30-16/h8-9,11-16,20-22,24-27H,3-7H2,1-2H3,(H,28,29)/t8-,9-,11-,12-,13+,14-,15+,16-,19+/m1/s1. The third-order valence-corrected chi connectivity index (χ3v) is 5.83. The van der Waals surface area contributed by atoms with Gasteiger partial charge in [-0.15, -0.1) is 0 Å². The molecule has 0 unspecified atom stereocenters. The van der Waals surface area contributed by atoms with Crippen LogP contribution in [0.2, 0.25) is 0 Å². The molecule has 0 aromatic carbocycles. The highest BCUT2D eigenvalue weighted by molar-refractivity contribution is 5.75. The molecule has 9 atom stereocenters. The molecule has 2 aliphatic heterocycles. The fourth-order valence-corrected chi connectivity index (χ4v) is 3.50. The van der Waals surface area contributed by atoms with Crippen molar-refractivity contribution in [1.29, 1.82) is 0 Å². The van der Waals surface area contributed by atoms with E-state index in [0.29, 0.717) is 0 Å². The van der Waals surface area contributed by atoms with Crippen LogP contribution in [0.3, 0.4) is 0 Å². The molecule has 14 heteroatoms. The summed E-state index contributed by atoms with van der Waals surface area (Å²) in [5, 5.41) is 78.6. The lowest BCUT2D eigenvalue weighted by Gasteiger charge is -2.43. The molecule has 0 bridgehead atoms. The average molecular weight is 484 g/mol. The zero-order chi connectivity index (χ0) is 25.1. The summed E-state index contributed by atoms with van der Waals surface area (Å²) in [7, 11) is 0. The van der Waals surface area contributed by atoms with Gasteiger partial charge < -0.3 is 59.8 Å². The van der Waals surface area contributed by atoms with Gasteiger partial charge in [0.2, 0.25) is 5.79 Å². The first-order valence-electron chi connectivity index (χ1n) is 10.3. The highest BCUT2D eigenvalue weighted by atomic mass is 16.8. The molecule has 2 rings (SSSR count). The molecule has 0 aliphatic carbocycles. The Bertz CT molecular complexity index is 683. The van der Waals surface area contributed by atoms with Gasteiger partial charge in [0.05, 0.1) is 18.6 Å². The summed E-state index contributed by atoms with van der Waals surface area (Å²) in [5.41, 5.74) is -1.25. The number of hydrogen-bond acceptors (Lipinski definition) is 13. The van der Waals surface area contributed by atoms with E-state index in [9.17, 15) is 50.4 Å². The minimum atomic E-state index is -2.38. The largest absolute Gasteiger partial charge is 0.481 e. The van der Waals surface area contributed by atoms with Gasteiger partial charge in [-0.05, 0) is 20.3 Å². The van der Waals surface area contributed by atoms with Gasteiger partial charge in [-0.1, -0.05) is 0 Å². The Balaban J connectivity index is 2.23. The number of aliphatic hydroxyl groups is 7. The average Bonchev–Trinajstić information content (AvgIpc) is 3.04. The van der Waals surface area contributed by atoms with E-state index in [1.54, 1.807) is 0 Å². The summed E-state index contributed by atoms with van der Waals surface area (Å²) in [6, 6.07) is 0. The van der Waals surface area contributed by atoms with Gasteiger partial charge in [-0.25, -0.2) is 0 Å². The quantitative estimate of drug-likeness (QED) is 0.138. The van der Waals surface area contributed by atoms with E-state index >= 15 is 0 Å². The Morgan fingerprint density at radius 1 is 0.939 bits per heavy atom. The summed E-state index contributed by atoms with van der Waals surface area (Å²) in [4.78, 5) is 23.6. The molecule has 2 fully saturated rings. The third-order valence-electron chi connectivity index (χ3n) is 5.83. The van der Waals surface area contributed by atoms with Gasteiger partial charge >= 0.3 is 11.9 Å². The third kappa shape index (κ3) is 5.79. The molecule has 33 heavy (non-hydrogen) atoms. The molecular weight excluding hydrogens is 452 g/mol. The van der Waals surface area contributed by atoms with Crippen LogP contribution in [0, 0.1) is 5.41 Å². The smallest absolute Gasteiger partial charge is 0.309 e. The Hall–Kier alpha value is -1.46. The molecule has 0 radical (unpaired) electrons. The van der Waals surface area contributed by atoms with Crippen LogP contribution in [0.5, 0.6) is 0 Å². The van der Waals surface area contributed by atoms with Gasteiger partial charge in [0.1, 0.15) is 43.2 Å². The number of aliphatic hydroxyl groups excluding tert-OH is 7. The topological polar surface area (TPSA) is 233 Å². The van der Waals surface area contributed by atoms with Crippen LogP contribution in [0.1, 0.15) is 26.7 Å². The minimum Gasteiger partial charge on any atom is -0.481 e. The van der Waals surface area contributed by atoms with Crippen LogP contribution in [0.25, 0.3) is 0 Å². The lowest BCUT2D eigenvalue weighted by Crippen LogP contribution is -2.63. The maximum atomic E-state index is 12.4. The Morgan fingerprint density at radius 2 is 1.55 bits per heavy atom. The minimum absolute atomic E-state index is 0.117. The van der Waals surface area contributed by atoms with Crippen molar-refractivity contribution in [3.63, 3.8) is 0 Å². The van der Waals surface area contributed by atoms with Crippen LogP contribution in [0.15, 0.2) is 0 Å². The number of carbonyl (C=O) groups excluding carboxylic acids is 1. The van der Waals surface area contributed by atoms with Crippen LogP contribution in [-0.2, 0) is 28.5 Å². The van der Waals surface area contributed by atoms with Crippen LogP contribution in [0.4, 0.5) is 0 Å². The normalized spacial score (nSPS) is 39.4. The zero-order valence-electron chi connectivity index (χ0n) is 18.2. The van der Waals surface area contributed by atoms with Gasteiger partial charge in [0.15, 0.2) is 12.4 Å². The number of hydrogen-bond donors (Lipinski definition) is 8. The summed E-state index contributed by atoms with van der Waals surface area (Å²) < 4.78 is 21.3. The first-order valence-corrected chi connectivity index (χ1v) is 10.3. The van der Waals surface area contributed by atoms with Gasteiger partial charge in [-0.3, -0.25) is 9.59 Å². The zero-order valence-corrected chi connectivity index (χ0v) is 18.2. The van der Waals surface area contributed by atoms with Crippen molar-refractivity contribution in [2.24, 2.45) is 5.41 Å². The fourth-order valence-electron chi connectivity index (χ4n) is 3.50. The number of carbonyl (C=O) groups is 2. The lowest BCUT2D eigenvalue weighted by atomic mass is 9.88. The molecule has 0 aromatic heterocycles. The van der Waals surface area contributed by atoms with E-state index in [4.69, 9.17) is 18.9 Å². The second-order valence-electron chi connectivity index (χ2n) is 8.71. The number of rotatable bonds is 10. The first-order chi connectivity index (χ1) is 15.3. The number of esters is 1. The van der Waals surface area contributed by atoms with Crippen LogP contribution in [-0.4, -0.2) is 127 Å². The van der Waals surface area contributed by atoms with Crippen molar-refractivity contribution in [2.75, 3.05) is 19.8 Å². The molecule has 0 amide bonds. The number of carboxylic acids is 1. The molecule has 8 N–H and O–H groups in total. The van der Waals surface area contributed by atoms with Crippen molar-refractivity contribution in [1.82, 2.24) is 0 Å². The van der Waals surface area contributed by atoms with Crippen molar-refractivity contribution >= 4 is 11.9 Å². The molecule has 0 aromatic rings. The highest BCUT2D eigenvalue weighted by Gasteiger charge is 2.60. The number of ether oxygens (including phenoxy) is 4. The molecule has 0 saturated carbocycles. The molecule has 2 heterocycles. The molecule has 2 saturated heterocycles. The molecular formula is C19H32O14. The van der Waals surface area contributed by atoms with E-state index in [-0.39, 0.29) is 12.8 Å². The summed E-state index contributed by atoms with van der Waals surface area (Å²) in [6.45, 7) is 0.184. The van der Waals surface area contributed by atoms with Crippen molar-refractivity contribution in [3.8, 4) is 0 Å². The van der Waals surface area contributed by atoms with Crippen molar-refractivity contribution in [3.05, 3.63) is 0 Å². The Kier molecular flexibility index (Phi) is 9.14. The molecule has 192 valence electrons. The maximum Gasteiger partial charge on any atom is 0.309 e. The highest BCUT2D eigenvalue weighted by Crippen LogP contribution is 2.38. The van der Waals surface area contributed by atoms with E-state index in [0.717, 1.165) is 0 Å². The summed E-state index contributed by atoms with van der Waals surface area (Å²) >= 11 is 0. The second kappa shape index (κ2) is 10.9. The number of aliphatic carboxylic acids is 1. The van der Waals surface area contributed by atoms with E-state index < -0.39 is 92.0 Å². The van der Waals surface area contributed by atoms with Gasteiger partial charge in [0.25, 0.3) is 0 Å². The monoisotopic (exact) mass is 484 g/mol. The van der Waals surface area contributed by atoms with E-state index in [1.807, 2.05) is 0 Å². The van der Waals surface area contributed by atoms with E-state index in [2.05, 4.69) is 0 Å². The fraction of sp³-hybridized carbons (Fsp3) is 0.895. The Morgan fingerprint density at radius 3 is 2.06 bits per heavy atom. The predicted molar refractivity (Wildman–Crippen MR) is 103 cm³/mol. The Labute approximate surface area is 188 Å². The van der Waals surface area contributed by atoms with Gasteiger partial charge in [0, 0.05) is 6.42 Å².